The zero-order valence-electron chi connectivity index (χ0n) is 18.4. The van der Waals surface area contributed by atoms with Crippen molar-refractivity contribution in [2.45, 2.75) is 18.3 Å². The Morgan fingerprint density at radius 1 is 1.11 bits per heavy atom. The quantitative estimate of drug-likeness (QED) is 0.407. The number of amides is 1. The summed E-state index contributed by atoms with van der Waals surface area (Å²) in [7, 11) is 0. The predicted molar refractivity (Wildman–Crippen MR) is 118 cm³/mol. The van der Waals surface area contributed by atoms with E-state index in [1.807, 2.05) is 0 Å². The van der Waals surface area contributed by atoms with E-state index < -0.39 is 23.6 Å². The summed E-state index contributed by atoms with van der Waals surface area (Å²) in [5, 5.41) is 2.92. The van der Waals surface area contributed by atoms with Gasteiger partial charge in [-0.15, -0.1) is 17.9 Å². The van der Waals surface area contributed by atoms with E-state index in [1.54, 1.807) is 36.4 Å². The molecule has 1 unspecified atom stereocenters. The lowest BCUT2D eigenvalue weighted by Gasteiger charge is -2.38. The molecule has 5 rings (SSSR count). The van der Waals surface area contributed by atoms with Gasteiger partial charge in [-0.05, 0) is 42.0 Å². The van der Waals surface area contributed by atoms with Crippen LogP contribution in [0.5, 0.6) is 11.5 Å². The van der Waals surface area contributed by atoms with Crippen molar-refractivity contribution >= 4 is 23.4 Å². The maximum atomic E-state index is 13.6. The lowest BCUT2D eigenvalue weighted by Crippen LogP contribution is -2.51. The van der Waals surface area contributed by atoms with E-state index in [9.17, 15) is 22.8 Å². The molecular weight excluding hydrogens is 481 g/mol. The molecule has 12 heteroatoms. The summed E-state index contributed by atoms with van der Waals surface area (Å²) in [6, 6.07) is 15.2. The summed E-state index contributed by atoms with van der Waals surface area (Å²) in [6.07, 6.45) is -3.13. The number of para-hydroxylation sites is 2. The fourth-order valence-corrected chi connectivity index (χ4v) is 4.22. The van der Waals surface area contributed by atoms with Crippen molar-refractivity contribution in [2.75, 3.05) is 6.61 Å². The molecule has 1 N–H and O–H groups in total. The number of nitrogens with one attached hydrogen (secondary N) is 1. The van der Waals surface area contributed by atoms with Crippen LogP contribution < -0.4 is 19.6 Å². The van der Waals surface area contributed by atoms with E-state index in [4.69, 9.17) is 9.57 Å². The molecule has 9 nitrogen and oxygen atoms in total. The third kappa shape index (κ3) is 4.17. The van der Waals surface area contributed by atoms with Gasteiger partial charge in [-0.2, -0.15) is 0 Å². The Balaban J connectivity index is 1.60. The Labute approximate surface area is 201 Å². The summed E-state index contributed by atoms with van der Waals surface area (Å²) in [5.74, 6) is -0.926. The molecule has 2 aromatic carbocycles. The number of benzene rings is 2. The minimum atomic E-state index is -4.85. The highest BCUT2D eigenvalue weighted by atomic mass is 19.4. The first-order valence-corrected chi connectivity index (χ1v) is 10.7. The number of hydrogen-bond acceptors (Lipinski definition) is 7. The molecule has 0 spiro atoms. The molecule has 1 aliphatic heterocycles. The molecule has 0 saturated carbocycles. The first-order valence-electron chi connectivity index (χ1n) is 10.7. The van der Waals surface area contributed by atoms with Crippen molar-refractivity contribution in [1.82, 2.24) is 20.0 Å². The molecule has 0 bridgehead atoms. The Kier molecular flexibility index (Phi) is 5.71. The van der Waals surface area contributed by atoms with E-state index in [2.05, 4.69) is 20.0 Å². The first kappa shape index (κ1) is 23.1. The van der Waals surface area contributed by atoms with Crippen molar-refractivity contribution in [2.24, 2.45) is 0 Å². The topological polar surface area (TPSA) is 105 Å². The van der Waals surface area contributed by atoms with Gasteiger partial charge in [0.2, 0.25) is 5.82 Å². The number of rotatable bonds is 6. The molecule has 1 amide bonds. The van der Waals surface area contributed by atoms with Crippen molar-refractivity contribution in [3.05, 3.63) is 83.9 Å². The predicted octanol–water partition coefficient (Wildman–Crippen LogP) is 3.37. The van der Waals surface area contributed by atoms with E-state index in [0.29, 0.717) is 28.0 Å². The first-order chi connectivity index (χ1) is 17.3. The number of pyridine rings is 1. The number of carbonyl (C=O) groups excluding carboxylic acids is 2. The molecular formula is C24H17F3N4O5. The van der Waals surface area contributed by atoms with Crippen molar-refractivity contribution in [1.29, 1.82) is 0 Å². The third-order valence-corrected chi connectivity index (χ3v) is 5.69. The average Bonchev–Trinajstić information content (AvgIpc) is 3.23. The highest BCUT2D eigenvalue weighted by molar-refractivity contribution is 5.95. The molecule has 0 aliphatic carbocycles. The summed E-state index contributed by atoms with van der Waals surface area (Å²) in [5.41, 5.74) is 0.300. The largest absolute Gasteiger partial charge is 0.573 e. The highest BCUT2D eigenvalue weighted by Gasteiger charge is 2.43. The number of imidazole rings is 1. The molecule has 1 aliphatic rings. The lowest BCUT2D eigenvalue weighted by atomic mass is 9.81. The normalized spacial score (nSPS) is 17.1. The van der Waals surface area contributed by atoms with Gasteiger partial charge < -0.3 is 19.6 Å². The second kappa shape index (κ2) is 8.87. The van der Waals surface area contributed by atoms with Crippen LogP contribution in [0.1, 0.15) is 28.3 Å². The Hall–Kier alpha value is -4.61. The maximum Gasteiger partial charge on any atom is 0.573 e. The maximum absolute atomic E-state index is 13.6. The molecule has 0 saturated heterocycles. The standard InChI is InChI=1S/C24H17F3N4O5/c25-24(26,27)36-16-9-7-15(8-10-16)23(11-13-34-19-6-3-12-28-20(19)23)30-22(33)21-29-17-4-1-2-5-18(17)31(21)35-14-32/h1-10,12,14H,11,13H2,(H,30,33). The summed E-state index contributed by atoms with van der Waals surface area (Å²) in [4.78, 5) is 38.5. The summed E-state index contributed by atoms with van der Waals surface area (Å²) >= 11 is 0. The zero-order valence-corrected chi connectivity index (χ0v) is 18.4. The van der Waals surface area contributed by atoms with E-state index in [-0.39, 0.29) is 25.3 Å². The van der Waals surface area contributed by atoms with Crippen LogP contribution in [0.3, 0.4) is 0 Å². The van der Waals surface area contributed by atoms with Crippen LogP contribution in [0.4, 0.5) is 13.2 Å². The van der Waals surface area contributed by atoms with Crippen LogP contribution in [0.25, 0.3) is 11.0 Å². The number of aromatic nitrogens is 3. The van der Waals surface area contributed by atoms with Gasteiger partial charge in [-0.25, -0.2) is 4.98 Å². The van der Waals surface area contributed by atoms with Gasteiger partial charge >= 0.3 is 12.8 Å². The van der Waals surface area contributed by atoms with E-state index >= 15 is 0 Å². The SMILES string of the molecule is O=COn1c(C(=O)NC2(c3ccc(OC(F)(F)F)cc3)CCOc3cccnc32)nc2ccccc21. The molecule has 1 atom stereocenters. The van der Waals surface area contributed by atoms with Gasteiger partial charge in [0, 0.05) is 12.6 Å². The van der Waals surface area contributed by atoms with Gasteiger partial charge in [0.05, 0.1) is 12.1 Å². The second-order valence-corrected chi connectivity index (χ2v) is 7.80. The van der Waals surface area contributed by atoms with Gasteiger partial charge in [0.25, 0.3) is 5.91 Å². The number of hydrogen-bond donors (Lipinski definition) is 1. The molecule has 2 aromatic heterocycles. The van der Waals surface area contributed by atoms with Gasteiger partial charge in [-0.1, -0.05) is 24.3 Å². The number of halogens is 3. The van der Waals surface area contributed by atoms with Crippen molar-refractivity contribution in [3.63, 3.8) is 0 Å². The summed E-state index contributed by atoms with van der Waals surface area (Å²) in [6.45, 7) is 0.354. The van der Waals surface area contributed by atoms with Crippen LogP contribution in [0.2, 0.25) is 0 Å². The lowest BCUT2D eigenvalue weighted by molar-refractivity contribution is -0.274. The number of carbonyl (C=O) groups is 2. The molecule has 184 valence electrons. The smallest absolute Gasteiger partial charge is 0.491 e. The average molecular weight is 498 g/mol. The zero-order chi connectivity index (χ0) is 25.3. The molecule has 0 radical (unpaired) electrons. The van der Waals surface area contributed by atoms with Crippen LogP contribution in [-0.4, -0.2) is 40.0 Å². The Bertz CT molecular complexity index is 1440. The molecule has 3 heterocycles. The van der Waals surface area contributed by atoms with Crippen molar-refractivity contribution < 1.29 is 37.1 Å². The van der Waals surface area contributed by atoms with Gasteiger partial charge in [0.15, 0.2) is 0 Å². The monoisotopic (exact) mass is 498 g/mol. The third-order valence-electron chi connectivity index (χ3n) is 5.69. The van der Waals surface area contributed by atoms with Gasteiger partial charge in [-0.3, -0.25) is 14.6 Å². The van der Waals surface area contributed by atoms with Crippen LogP contribution >= 0.6 is 0 Å². The van der Waals surface area contributed by atoms with Crippen molar-refractivity contribution in [3.8, 4) is 11.5 Å². The van der Waals surface area contributed by atoms with Crippen LogP contribution in [0.15, 0.2) is 66.9 Å². The molecule has 0 fully saturated rings. The second-order valence-electron chi connectivity index (χ2n) is 7.80. The number of nitrogens with zero attached hydrogens (tertiary/aromatic N) is 3. The number of ether oxygens (including phenoxy) is 2. The Morgan fingerprint density at radius 2 is 1.89 bits per heavy atom. The molecule has 36 heavy (non-hydrogen) atoms. The fourth-order valence-electron chi connectivity index (χ4n) is 4.22. The number of fused-ring (bicyclic) bond motifs is 2. The minimum Gasteiger partial charge on any atom is -0.491 e. The highest BCUT2D eigenvalue weighted by Crippen LogP contribution is 2.41. The van der Waals surface area contributed by atoms with E-state index in [0.717, 1.165) is 16.9 Å². The minimum absolute atomic E-state index is 0.172. The Morgan fingerprint density at radius 3 is 2.64 bits per heavy atom. The summed E-state index contributed by atoms with van der Waals surface area (Å²) < 4.78 is 48.7. The fraction of sp³-hybridized carbons (Fsp3) is 0.167. The van der Waals surface area contributed by atoms with Gasteiger partial charge in [0.1, 0.15) is 28.2 Å². The van der Waals surface area contributed by atoms with Crippen LogP contribution in [-0.2, 0) is 10.3 Å². The van der Waals surface area contributed by atoms with Crippen LogP contribution in [0, 0.1) is 0 Å². The molecule has 4 aromatic rings. The number of alkyl halides is 3. The van der Waals surface area contributed by atoms with E-state index in [1.165, 1.54) is 18.3 Å².